The lowest BCUT2D eigenvalue weighted by molar-refractivity contribution is -0.0381. The standard InChI is InChI=1S/C11H17N3O3/c1-8-6-10(16)13-11(12-8)9-7-14(2-4-15)3-5-17-9/h6,9,15H,2-5,7H2,1H3,(H,12,13,16)/t9-/m1/s1. The highest BCUT2D eigenvalue weighted by atomic mass is 16.5. The number of aromatic amines is 1. The molecule has 1 atom stereocenters. The molecule has 2 N–H and O–H groups in total. The Morgan fingerprint density at radius 3 is 3.24 bits per heavy atom. The Morgan fingerprint density at radius 1 is 1.71 bits per heavy atom. The first kappa shape index (κ1) is 12.2. The van der Waals surface area contributed by atoms with Crippen molar-refractivity contribution in [1.82, 2.24) is 14.9 Å². The number of morpholine rings is 1. The summed E-state index contributed by atoms with van der Waals surface area (Å²) < 4.78 is 5.59. The van der Waals surface area contributed by atoms with Crippen LogP contribution in [0.25, 0.3) is 0 Å². The lowest BCUT2D eigenvalue weighted by atomic mass is 10.2. The zero-order valence-corrected chi connectivity index (χ0v) is 9.85. The molecule has 94 valence electrons. The van der Waals surface area contributed by atoms with Gasteiger partial charge >= 0.3 is 0 Å². The van der Waals surface area contributed by atoms with Crippen LogP contribution in [0, 0.1) is 6.92 Å². The molecule has 2 rings (SSSR count). The fourth-order valence-corrected chi connectivity index (χ4v) is 1.97. The quantitative estimate of drug-likeness (QED) is 0.739. The first-order chi connectivity index (χ1) is 8.19. The molecule has 6 heteroatoms. The number of aromatic nitrogens is 2. The average Bonchev–Trinajstić information content (AvgIpc) is 2.28. The Hall–Kier alpha value is -1.24. The maximum absolute atomic E-state index is 11.4. The number of rotatable bonds is 3. The third-order valence-corrected chi connectivity index (χ3v) is 2.76. The minimum Gasteiger partial charge on any atom is -0.395 e. The SMILES string of the molecule is Cc1cc(=O)[nH]c([C@H]2CN(CCO)CCO2)n1. The molecule has 0 radical (unpaired) electrons. The van der Waals surface area contributed by atoms with Crippen molar-refractivity contribution in [2.24, 2.45) is 0 Å². The molecule has 6 nitrogen and oxygen atoms in total. The van der Waals surface area contributed by atoms with E-state index in [2.05, 4.69) is 14.9 Å². The van der Waals surface area contributed by atoms with Crippen LogP contribution in [-0.4, -0.2) is 52.8 Å². The summed E-state index contributed by atoms with van der Waals surface area (Å²) in [4.78, 5) is 20.4. The van der Waals surface area contributed by atoms with Crippen LogP contribution >= 0.6 is 0 Å². The highest BCUT2D eigenvalue weighted by Crippen LogP contribution is 2.17. The van der Waals surface area contributed by atoms with E-state index < -0.39 is 0 Å². The Labute approximate surface area is 99.2 Å². The molecule has 0 amide bonds. The monoisotopic (exact) mass is 239 g/mol. The number of hydrogen-bond acceptors (Lipinski definition) is 5. The Kier molecular flexibility index (Phi) is 3.88. The summed E-state index contributed by atoms with van der Waals surface area (Å²) in [6.45, 7) is 4.57. The molecule has 1 aliphatic heterocycles. The molecule has 1 fully saturated rings. The summed E-state index contributed by atoms with van der Waals surface area (Å²) in [6.07, 6.45) is -0.220. The van der Waals surface area contributed by atoms with Crippen LogP contribution in [0.4, 0.5) is 0 Å². The van der Waals surface area contributed by atoms with Gasteiger partial charge in [-0.25, -0.2) is 4.98 Å². The van der Waals surface area contributed by atoms with E-state index in [0.717, 1.165) is 6.54 Å². The summed E-state index contributed by atoms with van der Waals surface area (Å²) in [5, 5.41) is 8.91. The van der Waals surface area contributed by atoms with Crippen LogP contribution in [0.15, 0.2) is 10.9 Å². The van der Waals surface area contributed by atoms with Gasteiger partial charge in [-0.3, -0.25) is 9.69 Å². The van der Waals surface area contributed by atoms with Crippen LogP contribution in [0.2, 0.25) is 0 Å². The number of nitrogens with one attached hydrogen (secondary N) is 1. The molecule has 0 bridgehead atoms. The predicted octanol–water partition coefficient (Wildman–Crippen LogP) is -0.556. The summed E-state index contributed by atoms with van der Waals surface area (Å²) in [6, 6.07) is 1.46. The molecule has 1 saturated heterocycles. The minimum atomic E-state index is -0.220. The Morgan fingerprint density at radius 2 is 2.53 bits per heavy atom. The van der Waals surface area contributed by atoms with Gasteiger partial charge in [-0.15, -0.1) is 0 Å². The fourth-order valence-electron chi connectivity index (χ4n) is 1.97. The van der Waals surface area contributed by atoms with Gasteiger partial charge in [-0.1, -0.05) is 0 Å². The zero-order valence-electron chi connectivity index (χ0n) is 9.85. The summed E-state index contributed by atoms with van der Waals surface area (Å²) in [7, 11) is 0. The highest BCUT2D eigenvalue weighted by molar-refractivity contribution is 5.03. The molecular weight excluding hydrogens is 222 g/mol. The summed E-state index contributed by atoms with van der Waals surface area (Å²) >= 11 is 0. The van der Waals surface area contributed by atoms with Gasteiger partial charge < -0.3 is 14.8 Å². The predicted molar refractivity (Wildman–Crippen MR) is 61.8 cm³/mol. The molecule has 17 heavy (non-hydrogen) atoms. The first-order valence-corrected chi connectivity index (χ1v) is 5.71. The van der Waals surface area contributed by atoms with Crippen molar-refractivity contribution in [3.8, 4) is 0 Å². The van der Waals surface area contributed by atoms with Gasteiger partial charge in [-0.05, 0) is 6.92 Å². The van der Waals surface area contributed by atoms with E-state index in [-0.39, 0.29) is 18.3 Å². The number of nitrogens with zero attached hydrogens (tertiary/aromatic N) is 2. The maximum Gasteiger partial charge on any atom is 0.251 e. The largest absolute Gasteiger partial charge is 0.395 e. The van der Waals surface area contributed by atoms with E-state index in [1.54, 1.807) is 6.92 Å². The number of aryl methyl sites for hydroxylation is 1. The second-order valence-corrected chi connectivity index (χ2v) is 4.16. The van der Waals surface area contributed by atoms with Gasteiger partial charge in [0.25, 0.3) is 5.56 Å². The van der Waals surface area contributed by atoms with Gasteiger partial charge in [0.2, 0.25) is 0 Å². The topological polar surface area (TPSA) is 78.5 Å². The summed E-state index contributed by atoms with van der Waals surface area (Å²) in [5.41, 5.74) is 0.530. The van der Waals surface area contributed by atoms with Crippen molar-refractivity contribution in [3.05, 3.63) is 27.9 Å². The number of aliphatic hydroxyl groups is 1. The average molecular weight is 239 g/mol. The van der Waals surface area contributed by atoms with Crippen molar-refractivity contribution in [2.45, 2.75) is 13.0 Å². The van der Waals surface area contributed by atoms with Crippen LogP contribution in [0.5, 0.6) is 0 Å². The van der Waals surface area contributed by atoms with Crippen molar-refractivity contribution in [1.29, 1.82) is 0 Å². The molecular formula is C11H17N3O3. The van der Waals surface area contributed by atoms with E-state index in [1.165, 1.54) is 6.07 Å². The number of hydrogen-bond donors (Lipinski definition) is 2. The van der Waals surface area contributed by atoms with E-state index in [0.29, 0.717) is 31.2 Å². The number of ether oxygens (including phenoxy) is 1. The number of H-pyrrole nitrogens is 1. The maximum atomic E-state index is 11.4. The highest BCUT2D eigenvalue weighted by Gasteiger charge is 2.23. The molecule has 0 unspecified atom stereocenters. The molecule has 1 aromatic rings. The van der Waals surface area contributed by atoms with Crippen molar-refractivity contribution in [2.75, 3.05) is 32.8 Å². The second-order valence-electron chi connectivity index (χ2n) is 4.16. The van der Waals surface area contributed by atoms with E-state index in [4.69, 9.17) is 9.84 Å². The molecule has 0 aliphatic carbocycles. The fraction of sp³-hybridized carbons (Fsp3) is 0.636. The number of aliphatic hydroxyl groups excluding tert-OH is 1. The molecule has 0 spiro atoms. The minimum absolute atomic E-state index is 0.129. The van der Waals surface area contributed by atoms with Crippen molar-refractivity contribution in [3.63, 3.8) is 0 Å². The van der Waals surface area contributed by atoms with Gasteiger partial charge in [-0.2, -0.15) is 0 Å². The molecule has 0 saturated carbocycles. The van der Waals surface area contributed by atoms with E-state index in [9.17, 15) is 4.79 Å². The number of β-amino-alcohol motifs (C(OH)–C–C–N with tert-alkyl or cyclic N) is 1. The smallest absolute Gasteiger partial charge is 0.251 e. The van der Waals surface area contributed by atoms with Gasteiger partial charge in [0, 0.05) is 31.4 Å². The normalized spacial score (nSPS) is 21.6. The zero-order chi connectivity index (χ0) is 12.3. The molecule has 1 aliphatic rings. The lowest BCUT2D eigenvalue weighted by Crippen LogP contribution is -2.40. The van der Waals surface area contributed by atoms with Gasteiger partial charge in [0.05, 0.1) is 13.2 Å². The van der Waals surface area contributed by atoms with Crippen LogP contribution in [0.3, 0.4) is 0 Å². The Balaban J connectivity index is 2.13. The van der Waals surface area contributed by atoms with E-state index >= 15 is 0 Å². The third kappa shape index (κ3) is 3.12. The van der Waals surface area contributed by atoms with Crippen LogP contribution < -0.4 is 5.56 Å². The molecule has 0 aromatic carbocycles. The summed E-state index contributed by atoms with van der Waals surface area (Å²) in [5.74, 6) is 0.567. The second kappa shape index (κ2) is 5.39. The van der Waals surface area contributed by atoms with Crippen molar-refractivity contribution < 1.29 is 9.84 Å². The van der Waals surface area contributed by atoms with Crippen LogP contribution in [0.1, 0.15) is 17.6 Å². The first-order valence-electron chi connectivity index (χ1n) is 5.71. The third-order valence-electron chi connectivity index (χ3n) is 2.76. The van der Waals surface area contributed by atoms with Gasteiger partial charge in [0.1, 0.15) is 11.9 Å². The Bertz CT molecular complexity index is 430. The van der Waals surface area contributed by atoms with Crippen LogP contribution in [-0.2, 0) is 4.74 Å². The van der Waals surface area contributed by atoms with Gasteiger partial charge in [0.15, 0.2) is 0 Å². The molecule has 1 aromatic heterocycles. The van der Waals surface area contributed by atoms with Crippen molar-refractivity contribution >= 4 is 0 Å². The van der Waals surface area contributed by atoms with E-state index in [1.807, 2.05) is 0 Å². The molecule has 2 heterocycles. The lowest BCUT2D eigenvalue weighted by Gasteiger charge is -2.31.